The zero-order valence-electron chi connectivity index (χ0n) is 6.05. The van der Waals surface area contributed by atoms with Gasteiger partial charge in [-0.1, -0.05) is 0 Å². The number of hydrogen-bond donors (Lipinski definition) is 0. The fourth-order valence-corrected chi connectivity index (χ4v) is 0. The normalized spacial score (nSPS) is 7.75. The van der Waals surface area contributed by atoms with E-state index in [-0.39, 0.29) is 76.2 Å². The Morgan fingerprint density at radius 2 is 1.00 bits per heavy atom. The Morgan fingerprint density at radius 1 is 1.00 bits per heavy atom. The van der Waals surface area contributed by atoms with Crippen LogP contribution in [0.1, 0.15) is 0 Å². The van der Waals surface area contributed by atoms with E-state index < -0.39 is 24.9 Å². The molecule has 63 valence electrons. The molecule has 0 heterocycles. The van der Waals surface area contributed by atoms with Crippen molar-refractivity contribution in [2.24, 2.45) is 0 Å². The van der Waals surface area contributed by atoms with Crippen LogP contribution >= 0.6 is 0 Å². The van der Waals surface area contributed by atoms with Gasteiger partial charge in [-0.3, -0.25) is 8.42 Å². The van der Waals surface area contributed by atoms with E-state index in [2.05, 4.69) is 0 Å². The second kappa shape index (κ2) is 16.1. The fourth-order valence-electron chi connectivity index (χ4n) is 0. The van der Waals surface area contributed by atoms with E-state index in [9.17, 15) is 0 Å². The maximum absolute atomic E-state index is 8.54. The molecule has 12 heteroatoms. The summed E-state index contributed by atoms with van der Waals surface area (Å²) in [6.07, 6.45) is 0. The summed E-state index contributed by atoms with van der Waals surface area (Å²) in [6, 6.07) is 0. The predicted molar refractivity (Wildman–Crippen MR) is 16.9 cm³/mol. The van der Waals surface area contributed by atoms with E-state index in [0.29, 0.717) is 0 Å². The van der Waals surface area contributed by atoms with Crippen LogP contribution in [0.2, 0.25) is 0 Å². The second-order valence-electron chi connectivity index (χ2n) is 0.612. The van der Waals surface area contributed by atoms with Crippen molar-refractivity contribution in [3.05, 3.63) is 0 Å². The van der Waals surface area contributed by atoms with Crippen LogP contribution in [-0.4, -0.2) is 32.0 Å². The summed E-state index contributed by atoms with van der Waals surface area (Å²) < 4.78 is 59.7. The van der Waals surface area contributed by atoms with Gasteiger partial charge in [-0.15, -0.1) is 0 Å². The molecule has 0 aliphatic carbocycles. The van der Waals surface area contributed by atoms with Gasteiger partial charge in [0.05, 0.1) is 0 Å². The van der Waals surface area contributed by atoms with E-state index >= 15 is 0 Å². The van der Waals surface area contributed by atoms with E-state index in [1.807, 2.05) is 0 Å². The first-order valence-electron chi connectivity index (χ1n) is 1.17. The van der Waals surface area contributed by atoms with Crippen molar-refractivity contribution in [2.75, 3.05) is 0 Å². The molecule has 0 aromatic heterocycles. The van der Waals surface area contributed by atoms with Gasteiger partial charge in [-0.2, -0.15) is 0 Å². The molecule has 7 nitrogen and oxygen atoms in total. The first-order chi connectivity index (χ1) is 3.73. The average Bonchev–Trinajstić information content (AvgIpc) is 1.19. The Balaban J connectivity index is -0.0000000221. The van der Waals surface area contributed by atoms with E-state index in [1.54, 1.807) is 0 Å². The maximum atomic E-state index is 8.54. The standard InChI is InChI=1S/Mn.2Na.H2O4S.H2O3Se/c;;;1-5(2,3)4;1-4(2)3/h;;;(H2,1,2,3,4);(H2,1,2,3)/q+2;2*+1;;/p-4. The predicted octanol–water partition coefficient (Wildman–Crippen LogP) is -10.2. The van der Waals surface area contributed by atoms with Gasteiger partial charge in [0.1, 0.15) is 0 Å². The molecule has 0 unspecified atom stereocenters. The van der Waals surface area contributed by atoms with Crippen molar-refractivity contribution in [2.45, 2.75) is 0 Å². The van der Waals surface area contributed by atoms with E-state index in [1.165, 1.54) is 0 Å². The van der Waals surface area contributed by atoms with Gasteiger partial charge < -0.3 is 9.11 Å². The molecular formula is MnNa2O7SSe. The molecule has 1 radical (unpaired) electrons. The van der Waals surface area contributed by atoms with Crippen LogP contribution in [0.25, 0.3) is 0 Å². The third-order valence-corrected chi connectivity index (χ3v) is 0. The summed E-state index contributed by atoms with van der Waals surface area (Å²) >= 11 is -3.79. The van der Waals surface area contributed by atoms with Gasteiger partial charge in [0.25, 0.3) is 0 Å². The van der Waals surface area contributed by atoms with Crippen molar-refractivity contribution < 1.29 is 106 Å². The van der Waals surface area contributed by atoms with Gasteiger partial charge in [0.2, 0.25) is 0 Å². The summed E-state index contributed by atoms with van der Waals surface area (Å²) in [4.78, 5) is 0. The Morgan fingerprint density at radius 3 is 1.00 bits per heavy atom. The number of hydrogen-bond acceptors (Lipinski definition) is 7. The van der Waals surface area contributed by atoms with Gasteiger partial charge >= 0.3 is 103 Å². The Bertz CT molecular complexity index is 164. The molecule has 0 rings (SSSR count). The molecule has 12 heavy (non-hydrogen) atoms. The largest absolute Gasteiger partial charge is 2.00 e. The smallest absolute Gasteiger partial charge is 1.00 e. The first kappa shape index (κ1) is 29.3. The zero-order valence-corrected chi connectivity index (χ0v) is 13.8. The topological polar surface area (TPSA) is 143 Å². The number of rotatable bonds is 0. The van der Waals surface area contributed by atoms with Crippen molar-refractivity contribution in [1.29, 1.82) is 0 Å². The van der Waals surface area contributed by atoms with Crippen LogP contribution in [0.15, 0.2) is 0 Å². The molecule has 0 aromatic carbocycles. The van der Waals surface area contributed by atoms with Crippen LogP contribution in [0.4, 0.5) is 0 Å². The molecule has 0 bridgehead atoms. The minimum Gasteiger partial charge on any atom is 1.00 e. The van der Waals surface area contributed by atoms with Crippen LogP contribution in [0, 0.1) is 0 Å². The summed E-state index contributed by atoms with van der Waals surface area (Å²) in [5.74, 6) is 0. The SMILES string of the molecule is O=S(=O)([O-])[O-].O=[Se]([O-])[O-].[Mn+2].[Na+].[Na+]. The Labute approximate surface area is 129 Å². The summed E-state index contributed by atoms with van der Waals surface area (Å²) in [7, 11) is -5.17. The van der Waals surface area contributed by atoms with Crippen LogP contribution in [-0.2, 0) is 31.3 Å². The summed E-state index contributed by atoms with van der Waals surface area (Å²) in [6.45, 7) is 0. The molecule has 0 N–H and O–H groups in total. The fraction of sp³-hybridized carbons (Fsp3) is 0. The third kappa shape index (κ3) is 247. The quantitative estimate of drug-likeness (QED) is 0.244. The summed E-state index contributed by atoms with van der Waals surface area (Å²) in [5.41, 5.74) is 0. The molecule has 0 spiro atoms. The second-order valence-corrected chi connectivity index (χ2v) is 2.29. The summed E-state index contributed by atoms with van der Waals surface area (Å²) in [5, 5.41) is 0. The van der Waals surface area contributed by atoms with Gasteiger partial charge in [0.15, 0.2) is 0 Å². The van der Waals surface area contributed by atoms with Crippen LogP contribution in [0.3, 0.4) is 0 Å². The van der Waals surface area contributed by atoms with Crippen molar-refractivity contribution in [3.8, 4) is 0 Å². The molecule has 0 aliphatic heterocycles. The average molecular weight is 324 g/mol. The van der Waals surface area contributed by atoms with Crippen molar-refractivity contribution in [1.82, 2.24) is 0 Å². The molecule has 0 saturated heterocycles. The van der Waals surface area contributed by atoms with Gasteiger partial charge in [0, 0.05) is 10.4 Å². The van der Waals surface area contributed by atoms with Crippen molar-refractivity contribution >= 4 is 24.9 Å². The maximum Gasteiger partial charge on any atom is 2.00 e. The molecule has 0 aliphatic rings. The molecule has 0 atom stereocenters. The molecular weight excluding hydrogens is 324 g/mol. The Hall–Kier alpha value is 2.63. The first-order valence-corrected chi connectivity index (χ1v) is 4.60. The van der Waals surface area contributed by atoms with Crippen LogP contribution in [0.5, 0.6) is 0 Å². The van der Waals surface area contributed by atoms with Crippen molar-refractivity contribution in [3.63, 3.8) is 0 Å². The molecule has 0 fully saturated rings. The Kier molecular flexibility index (Phi) is 39.3. The van der Waals surface area contributed by atoms with Gasteiger partial charge in [-0.05, 0) is 0 Å². The van der Waals surface area contributed by atoms with E-state index in [0.717, 1.165) is 0 Å². The van der Waals surface area contributed by atoms with Gasteiger partial charge in [-0.25, -0.2) is 0 Å². The minimum atomic E-state index is -5.17. The molecule has 0 aromatic rings. The monoisotopic (exact) mass is 325 g/mol. The minimum absolute atomic E-state index is 0. The third-order valence-electron chi connectivity index (χ3n) is 0. The zero-order chi connectivity index (χ0) is 8.08. The molecule has 0 saturated carbocycles. The van der Waals surface area contributed by atoms with E-state index in [4.69, 9.17) is 29.7 Å². The molecule has 0 amide bonds. The van der Waals surface area contributed by atoms with Crippen LogP contribution < -0.4 is 67.5 Å².